The summed E-state index contributed by atoms with van der Waals surface area (Å²) in [6.45, 7) is 0.414. The number of carbonyl (C=O) groups is 2. The summed E-state index contributed by atoms with van der Waals surface area (Å²) in [5.41, 5.74) is 3.92. The summed E-state index contributed by atoms with van der Waals surface area (Å²) in [6, 6.07) is 14.2. The van der Waals surface area contributed by atoms with Crippen molar-refractivity contribution in [2.45, 2.75) is 5.92 Å². The summed E-state index contributed by atoms with van der Waals surface area (Å²) in [7, 11) is 1.46. The number of carbonyl (C=O) groups excluding carboxylic acids is 2. The first kappa shape index (κ1) is 17.5. The quantitative estimate of drug-likeness (QED) is 0.429. The van der Waals surface area contributed by atoms with Crippen LogP contribution in [0.2, 0.25) is 0 Å². The largest absolute Gasteiger partial charge is 0.504 e. The Hall–Kier alpha value is -3.35. The predicted octanol–water partition coefficient (Wildman–Crippen LogP) is 1.38. The van der Waals surface area contributed by atoms with E-state index < -0.39 is 11.8 Å². The van der Waals surface area contributed by atoms with E-state index in [9.17, 15) is 14.7 Å². The molecular weight excluding hydrogens is 334 g/mol. The van der Waals surface area contributed by atoms with Crippen molar-refractivity contribution in [1.29, 1.82) is 0 Å². The molecule has 1 fully saturated rings. The summed E-state index contributed by atoms with van der Waals surface area (Å²) in [4.78, 5) is 24.5. The Morgan fingerprint density at radius 3 is 2.77 bits per heavy atom. The van der Waals surface area contributed by atoms with Gasteiger partial charge in [0.05, 0.1) is 13.3 Å². The minimum Gasteiger partial charge on any atom is -0.504 e. The molecule has 134 valence electrons. The fraction of sp³-hybridized carbons (Fsp3) is 0.211. The van der Waals surface area contributed by atoms with Gasteiger partial charge in [-0.1, -0.05) is 30.3 Å². The highest BCUT2D eigenvalue weighted by Gasteiger charge is 2.40. The number of hydrogen-bond donors (Lipinski definition) is 3. The maximum absolute atomic E-state index is 12.4. The number of nitrogens with one attached hydrogen (secondary N) is 2. The van der Waals surface area contributed by atoms with Gasteiger partial charge in [-0.2, -0.15) is 5.10 Å². The van der Waals surface area contributed by atoms with Crippen LogP contribution in [-0.2, 0) is 9.59 Å². The van der Waals surface area contributed by atoms with Gasteiger partial charge in [-0.05, 0) is 29.3 Å². The third-order valence-corrected chi connectivity index (χ3v) is 4.28. The van der Waals surface area contributed by atoms with Crippen LogP contribution in [0.1, 0.15) is 17.0 Å². The van der Waals surface area contributed by atoms with Crippen molar-refractivity contribution in [2.24, 2.45) is 11.0 Å². The number of hydrogen-bond acceptors (Lipinski definition) is 5. The molecule has 1 heterocycles. The molecule has 2 aromatic carbocycles. The van der Waals surface area contributed by atoms with Gasteiger partial charge in [0, 0.05) is 12.5 Å². The van der Waals surface area contributed by atoms with Gasteiger partial charge in [0.15, 0.2) is 11.5 Å². The summed E-state index contributed by atoms with van der Waals surface area (Å²) < 4.78 is 4.97. The lowest BCUT2D eigenvalue weighted by Gasteiger charge is -2.15. The molecule has 0 bridgehead atoms. The summed E-state index contributed by atoms with van der Waals surface area (Å²) in [5.74, 6) is -1.53. The Kier molecular flexibility index (Phi) is 5.17. The van der Waals surface area contributed by atoms with E-state index in [4.69, 9.17) is 4.74 Å². The van der Waals surface area contributed by atoms with Gasteiger partial charge >= 0.3 is 0 Å². The van der Waals surface area contributed by atoms with Gasteiger partial charge in [0.25, 0.3) is 5.91 Å². The lowest BCUT2D eigenvalue weighted by molar-refractivity contribution is -0.133. The number of nitrogens with zero attached hydrogens (tertiary/aromatic N) is 1. The minimum atomic E-state index is -0.834. The molecular formula is C19H19N3O4. The van der Waals surface area contributed by atoms with E-state index in [1.807, 2.05) is 30.3 Å². The number of ether oxygens (including phenoxy) is 1. The zero-order valence-electron chi connectivity index (χ0n) is 14.2. The molecule has 7 nitrogen and oxygen atoms in total. The molecule has 0 aromatic heterocycles. The number of benzene rings is 2. The lowest BCUT2D eigenvalue weighted by atomic mass is 9.88. The van der Waals surface area contributed by atoms with E-state index in [0.29, 0.717) is 17.9 Å². The molecule has 0 saturated carbocycles. The minimum absolute atomic E-state index is 0.0258. The molecule has 1 saturated heterocycles. The number of phenols is 1. The third kappa shape index (κ3) is 3.66. The van der Waals surface area contributed by atoms with E-state index in [0.717, 1.165) is 5.56 Å². The molecule has 2 aromatic rings. The predicted molar refractivity (Wildman–Crippen MR) is 96.1 cm³/mol. The molecule has 3 N–H and O–H groups in total. The Labute approximate surface area is 150 Å². The van der Waals surface area contributed by atoms with Crippen LogP contribution in [-0.4, -0.2) is 36.8 Å². The van der Waals surface area contributed by atoms with Crippen LogP contribution < -0.4 is 15.5 Å². The third-order valence-electron chi connectivity index (χ3n) is 4.28. The van der Waals surface area contributed by atoms with E-state index in [1.54, 1.807) is 12.1 Å². The van der Waals surface area contributed by atoms with Crippen molar-refractivity contribution in [3.63, 3.8) is 0 Å². The molecule has 0 unspecified atom stereocenters. The van der Waals surface area contributed by atoms with Crippen LogP contribution in [0.25, 0.3) is 0 Å². The molecule has 7 heteroatoms. The molecule has 1 aliphatic heterocycles. The highest BCUT2D eigenvalue weighted by molar-refractivity contribution is 6.03. The van der Waals surface area contributed by atoms with Gasteiger partial charge in [-0.25, -0.2) is 5.43 Å². The maximum atomic E-state index is 12.4. The standard InChI is InChI=1S/C19H19N3O4/c1-26-16-8-7-12(9-15(16)23)10-21-22-19(25)17-14(11-20-18(17)24)13-5-3-2-4-6-13/h2-10,14,17,23H,11H2,1H3,(H,20,24)(H,22,25)/b21-10+/t14-,17+/m0/s1. The average Bonchev–Trinajstić information content (AvgIpc) is 3.04. The van der Waals surface area contributed by atoms with Crippen LogP contribution in [0.15, 0.2) is 53.6 Å². The molecule has 3 rings (SSSR count). The van der Waals surface area contributed by atoms with Crippen LogP contribution in [0.3, 0.4) is 0 Å². The Balaban J connectivity index is 1.68. The van der Waals surface area contributed by atoms with Gasteiger partial charge in [0.2, 0.25) is 5.91 Å². The Morgan fingerprint density at radius 1 is 1.31 bits per heavy atom. The molecule has 1 aliphatic rings. The smallest absolute Gasteiger partial charge is 0.253 e. The molecule has 26 heavy (non-hydrogen) atoms. The van der Waals surface area contributed by atoms with Gasteiger partial charge < -0.3 is 15.2 Å². The number of amides is 2. The van der Waals surface area contributed by atoms with Crippen LogP contribution in [0.4, 0.5) is 0 Å². The average molecular weight is 353 g/mol. The topological polar surface area (TPSA) is 100 Å². The number of methoxy groups -OCH3 is 1. The zero-order chi connectivity index (χ0) is 18.5. The van der Waals surface area contributed by atoms with Gasteiger partial charge in [-0.3, -0.25) is 9.59 Å². The van der Waals surface area contributed by atoms with Crippen molar-refractivity contribution >= 4 is 18.0 Å². The fourth-order valence-electron chi connectivity index (χ4n) is 2.96. The number of hydrazone groups is 1. The van der Waals surface area contributed by atoms with Crippen molar-refractivity contribution in [3.8, 4) is 11.5 Å². The monoisotopic (exact) mass is 353 g/mol. The first-order valence-corrected chi connectivity index (χ1v) is 8.12. The number of rotatable bonds is 5. The highest BCUT2D eigenvalue weighted by Crippen LogP contribution is 2.29. The zero-order valence-corrected chi connectivity index (χ0v) is 14.2. The highest BCUT2D eigenvalue weighted by atomic mass is 16.5. The molecule has 0 spiro atoms. The molecule has 0 aliphatic carbocycles. The summed E-state index contributed by atoms with van der Waals surface area (Å²) >= 11 is 0. The summed E-state index contributed by atoms with van der Waals surface area (Å²) in [6.07, 6.45) is 1.39. The van der Waals surface area contributed by atoms with Crippen LogP contribution in [0, 0.1) is 5.92 Å². The first-order chi connectivity index (χ1) is 12.6. The van der Waals surface area contributed by atoms with E-state index in [2.05, 4.69) is 15.8 Å². The molecule has 2 amide bonds. The van der Waals surface area contributed by atoms with Crippen molar-refractivity contribution in [2.75, 3.05) is 13.7 Å². The number of phenolic OH excluding ortho intramolecular Hbond substituents is 1. The van der Waals surface area contributed by atoms with Crippen molar-refractivity contribution in [1.82, 2.24) is 10.7 Å². The Bertz CT molecular complexity index is 836. The first-order valence-electron chi connectivity index (χ1n) is 8.12. The fourth-order valence-corrected chi connectivity index (χ4v) is 2.96. The maximum Gasteiger partial charge on any atom is 0.253 e. The van der Waals surface area contributed by atoms with Crippen LogP contribution in [0.5, 0.6) is 11.5 Å². The number of aromatic hydroxyl groups is 1. The van der Waals surface area contributed by atoms with E-state index in [1.165, 1.54) is 19.4 Å². The molecule has 2 atom stereocenters. The van der Waals surface area contributed by atoms with Crippen LogP contribution >= 0.6 is 0 Å². The summed E-state index contributed by atoms with van der Waals surface area (Å²) in [5, 5.41) is 16.4. The normalized spacial score (nSPS) is 19.3. The van der Waals surface area contributed by atoms with Crippen molar-refractivity contribution in [3.05, 3.63) is 59.7 Å². The second-order valence-corrected chi connectivity index (χ2v) is 5.91. The van der Waals surface area contributed by atoms with Gasteiger partial charge in [-0.15, -0.1) is 0 Å². The van der Waals surface area contributed by atoms with Crippen molar-refractivity contribution < 1.29 is 19.4 Å². The second kappa shape index (κ2) is 7.69. The second-order valence-electron chi connectivity index (χ2n) is 5.91. The van der Waals surface area contributed by atoms with E-state index in [-0.39, 0.29) is 17.6 Å². The lowest BCUT2D eigenvalue weighted by Crippen LogP contribution is -2.34. The SMILES string of the molecule is COc1ccc(/C=N/NC(=O)[C@H]2C(=O)NC[C@H]2c2ccccc2)cc1O. The van der Waals surface area contributed by atoms with Gasteiger partial charge in [0.1, 0.15) is 5.92 Å². The molecule has 0 radical (unpaired) electrons. The Morgan fingerprint density at radius 2 is 2.08 bits per heavy atom. The van der Waals surface area contributed by atoms with E-state index >= 15 is 0 Å².